The number of nitrogens with one attached hydrogen (secondary N) is 1. The van der Waals surface area contributed by atoms with Crippen LogP contribution >= 0.6 is 23.2 Å². The first kappa shape index (κ1) is 21.1. The van der Waals surface area contributed by atoms with Gasteiger partial charge >= 0.3 is 0 Å². The first-order valence-corrected chi connectivity index (χ1v) is 10.2. The fourth-order valence-corrected chi connectivity index (χ4v) is 3.85. The maximum absolute atomic E-state index is 13.0. The summed E-state index contributed by atoms with van der Waals surface area (Å²) in [5.41, 5.74) is 0.772. The van der Waals surface area contributed by atoms with Gasteiger partial charge in [-0.05, 0) is 49.4 Å². The van der Waals surface area contributed by atoms with Gasteiger partial charge in [0.25, 0.3) is 11.8 Å². The molecule has 2 atom stereocenters. The van der Waals surface area contributed by atoms with Crippen molar-refractivity contribution in [3.8, 4) is 5.75 Å². The summed E-state index contributed by atoms with van der Waals surface area (Å²) >= 11 is 11.9. The van der Waals surface area contributed by atoms with Crippen LogP contribution < -0.4 is 15.0 Å². The van der Waals surface area contributed by atoms with Crippen LogP contribution in [0.1, 0.15) is 6.92 Å². The summed E-state index contributed by atoms with van der Waals surface area (Å²) in [6, 6.07) is 9.27. The monoisotopic (exact) mass is 461 g/mol. The molecule has 0 unspecified atom stereocenters. The van der Waals surface area contributed by atoms with Gasteiger partial charge in [0.1, 0.15) is 12.3 Å². The number of hydrogen-bond donors (Lipinski definition) is 1. The predicted molar refractivity (Wildman–Crippen MR) is 114 cm³/mol. The Balaban J connectivity index is 1.47. The Bertz CT molecular complexity index is 1080. The second-order valence-corrected chi connectivity index (χ2v) is 7.65. The van der Waals surface area contributed by atoms with E-state index >= 15 is 0 Å². The summed E-state index contributed by atoms with van der Waals surface area (Å²) in [6.07, 6.45) is 0. The van der Waals surface area contributed by atoms with Crippen molar-refractivity contribution >= 4 is 52.3 Å². The molecule has 4 rings (SSSR count). The van der Waals surface area contributed by atoms with E-state index in [-0.39, 0.29) is 11.6 Å². The summed E-state index contributed by atoms with van der Waals surface area (Å²) in [5, 5.41) is 12.3. The van der Waals surface area contributed by atoms with Crippen molar-refractivity contribution in [3.05, 3.63) is 52.5 Å². The first-order valence-electron chi connectivity index (χ1n) is 9.42. The zero-order chi connectivity index (χ0) is 22.1. The molecule has 9 nitrogen and oxygen atoms in total. The van der Waals surface area contributed by atoms with Gasteiger partial charge in [-0.3, -0.25) is 19.4 Å². The average Bonchev–Trinajstić information content (AvgIpc) is 3.25. The Morgan fingerprint density at radius 3 is 2.55 bits per heavy atom. The molecule has 160 valence electrons. The minimum absolute atomic E-state index is 0.274. The summed E-state index contributed by atoms with van der Waals surface area (Å²) in [4.78, 5) is 39.3. The Kier molecular flexibility index (Phi) is 5.79. The lowest BCUT2D eigenvalue weighted by Crippen LogP contribution is -2.43. The van der Waals surface area contributed by atoms with Gasteiger partial charge in [0.15, 0.2) is 12.1 Å². The molecule has 0 aliphatic carbocycles. The zero-order valence-electron chi connectivity index (χ0n) is 16.3. The van der Waals surface area contributed by atoms with Gasteiger partial charge in [0.05, 0.1) is 23.0 Å². The van der Waals surface area contributed by atoms with E-state index < -0.39 is 29.8 Å². The highest BCUT2D eigenvalue weighted by Gasteiger charge is 2.55. The number of rotatable bonds is 6. The third-order valence-corrected chi connectivity index (χ3v) is 5.32. The Morgan fingerprint density at radius 1 is 1.13 bits per heavy atom. The number of fused-ring (bicyclic) bond motifs is 1. The highest BCUT2D eigenvalue weighted by Crippen LogP contribution is 2.32. The summed E-state index contributed by atoms with van der Waals surface area (Å²) in [5.74, 6) is -0.832. The molecule has 0 bridgehead atoms. The lowest BCUT2D eigenvalue weighted by molar-refractivity contribution is -0.123. The van der Waals surface area contributed by atoms with E-state index in [0.29, 0.717) is 28.8 Å². The van der Waals surface area contributed by atoms with Gasteiger partial charge in [0, 0.05) is 5.02 Å². The molecule has 31 heavy (non-hydrogen) atoms. The van der Waals surface area contributed by atoms with Crippen LogP contribution in [0.25, 0.3) is 0 Å². The Hall–Kier alpha value is -3.17. The number of imide groups is 1. The molecule has 0 spiro atoms. The van der Waals surface area contributed by atoms with E-state index in [1.165, 1.54) is 11.1 Å². The molecule has 3 amide bonds. The molecular formula is C20H17Cl2N5O4. The zero-order valence-corrected chi connectivity index (χ0v) is 17.8. The van der Waals surface area contributed by atoms with Crippen molar-refractivity contribution in [1.29, 1.82) is 0 Å². The SMILES string of the molecule is CCOc1ccc(N2C(=O)[C@@H]3N=NN(CC(=O)Nc4ccc(Cl)cc4Cl)[C@H]3C2=O)cc1. The number of benzene rings is 2. The van der Waals surface area contributed by atoms with Crippen molar-refractivity contribution in [2.45, 2.75) is 19.0 Å². The normalized spacial score (nSPS) is 19.7. The highest BCUT2D eigenvalue weighted by molar-refractivity contribution is 6.36. The van der Waals surface area contributed by atoms with Crippen LogP contribution in [0.3, 0.4) is 0 Å². The molecule has 1 fully saturated rings. The van der Waals surface area contributed by atoms with E-state index in [0.717, 1.165) is 4.90 Å². The third kappa shape index (κ3) is 4.06. The Labute approximate surface area is 187 Å². The van der Waals surface area contributed by atoms with Crippen LogP contribution in [0.5, 0.6) is 5.75 Å². The summed E-state index contributed by atoms with van der Waals surface area (Å²) in [6.45, 7) is 2.09. The molecule has 2 heterocycles. The number of ether oxygens (including phenoxy) is 1. The van der Waals surface area contributed by atoms with Crippen LogP contribution in [0, 0.1) is 0 Å². The lowest BCUT2D eigenvalue weighted by atomic mass is 10.1. The van der Waals surface area contributed by atoms with Gasteiger partial charge < -0.3 is 10.1 Å². The van der Waals surface area contributed by atoms with Crippen LogP contribution in [-0.2, 0) is 14.4 Å². The number of hydrogen-bond acceptors (Lipinski definition) is 7. The van der Waals surface area contributed by atoms with Crippen LogP contribution in [0.2, 0.25) is 10.0 Å². The summed E-state index contributed by atoms with van der Waals surface area (Å²) < 4.78 is 5.38. The van der Waals surface area contributed by atoms with Crippen molar-refractivity contribution in [1.82, 2.24) is 5.01 Å². The fraction of sp³-hybridized carbons (Fsp3) is 0.250. The number of carbonyl (C=O) groups excluding carboxylic acids is 3. The van der Waals surface area contributed by atoms with E-state index in [4.69, 9.17) is 27.9 Å². The number of anilines is 2. The van der Waals surface area contributed by atoms with Crippen molar-refractivity contribution < 1.29 is 19.1 Å². The minimum atomic E-state index is -0.994. The minimum Gasteiger partial charge on any atom is -0.494 e. The predicted octanol–water partition coefficient (Wildman–Crippen LogP) is 3.32. The van der Waals surface area contributed by atoms with Gasteiger partial charge in [-0.15, -0.1) is 0 Å². The standard InChI is InChI=1S/C20H17Cl2N5O4/c1-2-31-13-6-4-12(5-7-13)27-19(29)17-18(20(27)30)26(25-24-17)10-16(28)23-15-8-3-11(21)9-14(15)22/h3-9,17-18H,2,10H2,1H3,(H,23,28)/t17-,18-/m1/s1. The Morgan fingerprint density at radius 2 is 1.87 bits per heavy atom. The maximum atomic E-state index is 13.0. The largest absolute Gasteiger partial charge is 0.494 e. The van der Waals surface area contributed by atoms with Crippen molar-refractivity contribution in [3.63, 3.8) is 0 Å². The van der Waals surface area contributed by atoms with Crippen molar-refractivity contribution in [2.24, 2.45) is 10.3 Å². The van der Waals surface area contributed by atoms with Crippen LogP contribution in [0.15, 0.2) is 52.8 Å². The quantitative estimate of drug-likeness (QED) is 0.664. The molecule has 2 aliphatic rings. The van der Waals surface area contributed by atoms with Crippen molar-refractivity contribution in [2.75, 3.05) is 23.4 Å². The molecular weight excluding hydrogens is 445 g/mol. The molecule has 0 aromatic heterocycles. The lowest BCUT2D eigenvalue weighted by Gasteiger charge is -2.20. The van der Waals surface area contributed by atoms with Gasteiger partial charge in [0.2, 0.25) is 5.91 Å². The molecule has 0 radical (unpaired) electrons. The van der Waals surface area contributed by atoms with E-state index in [1.807, 2.05) is 6.92 Å². The smallest absolute Gasteiger partial charge is 0.263 e. The van der Waals surface area contributed by atoms with Gasteiger partial charge in [-0.25, -0.2) is 4.90 Å². The number of amides is 3. The highest BCUT2D eigenvalue weighted by atomic mass is 35.5. The third-order valence-electron chi connectivity index (χ3n) is 4.77. The van der Waals surface area contributed by atoms with E-state index in [9.17, 15) is 14.4 Å². The topological polar surface area (TPSA) is 104 Å². The molecule has 2 aliphatic heterocycles. The molecule has 0 saturated carbocycles. The van der Waals surface area contributed by atoms with Gasteiger partial charge in [-0.2, -0.15) is 5.11 Å². The average molecular weight is 462 g/mol. The van der Waals surface area contributed by atoms with E-state index in [1.54, 1.807) is 36.4 Å². The van der Waals surface area contributed by atoms with E-state index in [2.05, 4.69) is 15.7 Å². The second-order valence-electron chi connectivity index (χ2n) is 6.80. The molecule has 2 aromatic carbocycles. The number of halogens is 2. The van der Waals surface area contributed by atoms with Gasteiger partial charge in [-0.1, -0.05) is 28.4 Å². The van der Waals surface area contributed by atoms with Crippen LogP contribution in [-0.4, -0.2) is 48.0 Å². The first-order chi connectivity index (χ1) is 14.9. The molecule has 1 saturated heterocycles. The fourth-order valence-electron chi connectivity index (χ4n) is 3.39. The summed E-state index contributed by atoms with van der Waals surface area (Å²) in [7, 11) is 0. The second kappa shape index (κ2) is 8.52. The molecule has 2 aromatic rings. The van der Waals surface area contributed by atoms with Crippen LogP contribution in [0.4, 0.5) is 11.4 Å². The molecule has 11 heteroatoms. The molecule has 1 N–H and O–H groups in total. The number of nitrogens with zero attached hydrogens (tertiary/aromatic N) is 4. The number of carbonyl (C=O) groups is 3. The maximum Gasteiger partial charge on any atom is 0.263 e.